The highest BCUT2D eigenvalue weighted by molar-refractivity contribution is 9.10. The summed E-state index contributed by atoms with van der Waals surface area (Å²) in [6.07, 6.45) is 1.42. The molecular weight excluding hydrogens is 382 g/mol. The molecule has 0 bridgehead atoms. The molecule has 0 radical (unpaired) electrons. The lowest BCUT2D eigenvalue weighted by Crippen LogP contribution is -2.37. The summed E-state index contributed by atoms with van der Waals surface area (Å²) >= 11 is 3.38. The second-order valence-corrected chi connectivity index (χ2v) is 8.15. The predicted molar refractivity (Wildman–Crippen MR) is 103 cm³/mol. The fourth-order valence-corrected chi connectivity index (χ4v) is 2.69. The highest BCUT2D eigenvalue weighted by Gasteiger charge is 2.22. The van der Waals surface area contributed by atoms with E-state index in [0.29, 0.717) is 5.75 Å². The number of rotatable bonds is 5. The summed E-state index contributed by atoms with van der Waals surface area (Å²) in [5.41, 5.74) is 1.84. The molecule has 0 unspecified atom stereocenters. The quantitative estimate of drug-likeness (QED) is 0.800. The van der Waals surface area contributed by atoms with E-state index >= 15 is 0 Å². The van der Waals surface area contributed by atoms with Crippen molar-refractivity contribution in [1.82, 2.24) is 15.1 Å². The van der Waals surface area contributed by atoms with Crippen LogP contribution in [0, 0.1) is 6.92 Å². The highest BCUT2D eigenvalue weighted by atomic mass is 79.9. The second kappa shape index (κ2) is 7.60. The van der Waals surface area contributed by atoms with Crippen molar-refractivity contribution in [3.63, 3.8) is 0 Å². The van der Waals surface area contributed by atoms with Gasteiger partial charge in [-0.05, 0) is 65.8 Å². The maximum absolute atomic E-state index is 12.4. The molecule has 0 saturated carbocycles. The van der Waals surface area contributed by atoms with Gasteiger partial charge in [-0.2, -0.15) is 5.10 Å². The number of hydrogen-bond donors (Lipinski definition) is 1. The molecule has 0 aliphatic rings. The maximum Gasteiger partial charge on any atom is 0.261 e. The minimum atomic E-state index is -0.582. The van der Waals surface area contributed by atoms with Crippen LogP contribution in [0.4, 0.5) is 0 Å². The van der Waals surface area contributed by atoms with Gasteiger partial charge >= 0.3 is 0 Å². The Balaban J connectivity index is 2.02. The number of aryl methyl sites for hydroxylation is 1. The van der Waals surface area contributed by atoms with Crippen LogP contribution < -0.4 is 10.1 Å². The molecule has 0 fully saturated rings. The van der Waals surface area contributed by atoms with Crippen LogP contribution in [0.1, 0.15) is 51.9 Å². The van der Waals surface area contributed by atoms with Crippen molar-refractivity contribution >= 4 is 21.8 Å². The zero-order valence-electron chi connectivity index (χ0n) is 15.6. The minimum Gasteiger partial charge on any atom is -0.481 e. The molecule has 1 aromatic heterocycles. The van der Waals surface area contributed by atoms with Gasteiger partial charge in [-0.3, -0.25) is 9.48 Å². The van der Waals surface area contributed by atoms with E-state index in [-0.39, 0.29) is 17.5 Å². The van der Waals surface area contributed by atoms with Gasteiger partial charge in [0.05, 0.1) is 17.3 Å². The number of halogens is 1. The van der Waals surface area contributed by atoms with Gasteiger partial charge < -0.3 is 10.1 Å². The first-order valence-electron chi connectivity index (χ1n) is 8.37. The number of amides is 1. The monoisotopic (exact) mass is 407 g/mol. The van der Waals surface area contributed by atoms with Crippen molar-refractivity contribution in [3.8, 4) is 5.75 Å². The molecule has 2 rings (SSSR count). The maximum atomic E-state index is 12.4. The molecule has 2 atom stereocenters. The van der Waals surface area contributed by atoms with E-state index in [0.717, 1.165) is 15.7 Å². The van der Waals surface area contributed by atoms with Crippen LogP contribution in [0.3, 0.4) is 0 Å². The first-order chi connectivity index (χ1) is 11.6. The third-order valence-electron chi connectivity index (χ3n) is 3.95. The zero-order chi connectivity index (χ0) is 18.8. The number of carbonyl (C=O) groups is 1. The Hall–Kier alpha value is -1.82. The van der Waals surface area contributed by atoms with Crippen molar-refractivity contribution < 1.29 is 9.53 Å². The number of ether oxygens (including phenoxy) is 1. The summed E-state index contributed by atoms with van der Waals surface area (Å²) < 4.78 is 8.61. The van der Waals surface area contributed by atoms with Crippen LogP contribution in [0.5, 0.6) is 5.75 Å². The number of carbonyl (C=O) groups excluding carboxylic acids is 1. The molecule has 0 aliphatic heterocycles. The first kappa shape index (κ1) is 19.5. The zero-order valence-corrected chi connectivity index (χ0v) is 17.2. The molecule has 6 heteroatoms. The molecule has 25 heavy (non-hydrogen) atoms. The number of hydrogen-bond acceptors (Lipinski definition) is 3. The average Bonchev–Trinajstić information content (AvgIpc) is 2.91. The van der Waals surface area contributed by atoms with Gasteiger partial charge in [0.2, 0.25) is 0 Å². The van der Waals surface area contributed by atoms with Gasteiger partial charge in [-0.15, -0.1) is 0 Å². The fourth-order valence-electron chi connectivity index (χ4n) is 2.42. The Labute approximate surface area is 157 Å². The summed E-state index contributed by atoms with van der Waals surface area (Å²) in [5.74, 6) is 0.508. The lowest BCUT2D eigenvalue weighted by Gasteiger charge is -2.20. The van der Waals surface area contributed by atoms with Gasteiger partial charge in [0.15, 0.2) is 6.10 Å². The van der Waals surface area contributed by atoms with Crippen LogP contribution in [0.25, 0.3) is 0 Å². The number of aromatic nitrogens is 2. The molecule has 136 valence electrons. The topological polar surface area (TPSA) is 56.2 Å². The van der Waals surface area contributed by atoms with Gasteiger partial charge in [0.1, 0.15) is 5.75 Å². The van der Waals surface area contributed by atoms with E-state index in [1.807, 2.05) is 49.0 Å². The van der Waals surface area contributed by atoms with Crippen molar-refractivity contribution in [2.24, 2.45) is 0 Å². The Kier molecular flexibility index (Phi) is 5.93. The number of nitrogens with one attached hydrogen (secondary N) is 1. The van der Waals surface area contributed by atoms with Crippen LogP contribution in [0.15, 0.2) is 34.9 Å². The van der Waals surface area contributed by atoms with Crippen molar-refractivity contribution in [2.75, 3.05) is 0 Å². The Morgan fingerprint density at radius 1 is 1.24 bits per heavy atom. The summed E-state index contributed by atoms with van der Waals surface area (Å²) in [5, 5.41) is 7.57. The summed E-state index contributed by atoms with van der Waals surface area (Å²) in [4.78, 5) is 12.4. The van der Waals surface area contributed by atoms with Gasteiger partial charge in [0, 0.05) is 16.2 Å². The normalized spacial score (nSPS) is 14.0. The standard InChI is InChI=1S/C19H26BrN3O2/c1-12(17-11-23(19(4,5)6)22-13(17)2)21-18(24)14(3)25-16-9-7-15(20)8-10-16/h7-12,14H,1-6H3,(H,21,24)/t12-,14+/m0/s1. The second-order valence-electron chi connectivity index (χ2n) is 7.23. The lowest BCUT2D eigenvalue weighted by molar-refractivity contribution is -0.127. The van der Waals surface area contributed by atoms with Gasteiger partial charge in [-0.1, -0.05) is 15.9 Å². The number of benzene rings is 1. The summed E-state index contributed by atoms with van der Waals surface area (Å²) in [6.45, 7) is 12.0. The largest absolute Gasteiger partial charge is 0.481 e. The van der Waals surface area contributed by atoms with E-state index in [1.165, 1.54) is 0 Å². The molecule has 1 N–H and O–H groups in total. The Morgan fingerprint density at radius 3 is 2.36 bits per heavy atom. The smallest absolute Gasteiger partial charge is 0.261 e. The molecule has 2 aromatic rings. The Morgan fingerprint density at radius 2 is 1.84 bits per heavy atom. The van der Waals surface area contributed by atoms with Crippen LogP contribution in [-0.4, -0.2) is 21.8 Å². The third kappa shape index (κ3) is 5.08. The van der Waals surface area contributed by atoms with Crippen molar-refractivity contribution in [1.29, 1.82) is 0 Å². The van der Waals surface area contributed by atoms with E-state index in [2.05, 4.69) is 47.1 Å². The first-order valence-corrected chi connectivity index (χ1v) is 9.16. The average molecular weight is 408 g/mol. The highest BCUT2D eigenvalue weighted by Crippen LogP contribution is 2.22. The van der Waals surface area contributed by atoms with E-state index < -0.39 is 6.10 Å². The van der Waals surface area contributed by atoms with E-state index in [1.54, 1.807) is 6.92 Å². The minimum absolute atomic E-state index is 0.0925. The van der Waals surface area contributed by atoms with Crippen LogP contribution >= 0.6 is 15.9 Å². The molecule has 0 spiro atoms. The van der Waals surface area contributed by atoms with Crippen molar-refractivity contribution in [3.05, 3.63) is 46.2 Å². The molecular formula is C19H26BrN3O2. The van der Waals surface area contributed by atoms with Crippen LogP contribution in [0.2, 0.25) is 0 Å². The van der Waals surface area contributed by atoms with Crippen molar-refractivity contribution in [2.45, 2.75) is 59.2 Å². The predicted octanol–water partition coefficient (Wildman–Crippen LogP) is 4.35. The molecule has 5 nitrogen and oxygen atoms in total. The van der Waals surface area contributed by atoms with E-state index in [4.69, 9.17) is 4.74 Å². The molecule has 0 saturated heterocycles. The number of nitrogens with zero attached hydrogens (tertiary/aromatic N) is 2. The lowest BCUT2D eigenvalue weighted by atomic mass is 10.1. The molecule has 0 aliphatic carbocycles. The summed E-state index contributed by atoms with van der Waals surface area (Å²) in [6, 6.07) is 7.28. The van der Waals surface area contributed by atoms with Crippen LogP contribution in [-0.2, 0) is 10.3 Å². The SMILES string of the molecule is Cc1nn(C(C)(C)C)cc1[C@H](C)NC(=O)[C@@H](C)Oc1ccc(Br)cc1. The summed E-state index contributed by atoms with van der Waals surface area (Å²) in [7, 11) is 0. The molecule has 1 amide bonds. The third-order valence-corrected chi connectivity index (χ3v) is 4.47. The van der Waals surface area contributed by atoms with Gasteiger partial charge in [0.25, 0.3) is 5.91 Å². The molecule has 1 aromatic carbocycles. The molecule has 1 heterocycles. The fraction of sp³-hybridized carbons (Fsp3) is 0.474. The Bertz CT molecular complexity index is 732. The van der Waals surface area contributed by atoms with E-state index in [9.17, 15) is 4.79 Å². The van der Waals surface area contributed by atoms with Gasteiger partial charge in [-0.25, -0.2) is 0 Å².